The lowest BCUT2D eigenvalue weighted by Crippen LogP contribution is -3.16. The predicted octanol–water partition coefficient (Wildman–Crippen LogP) is 12.8. The van der Waals surface area contributed by atoms with Gasteiger partial charge >= 0.3 is 0 Å². The zero-order valence-electron chi connectivity index (χ0n) is 45.3. The lowest BCUT2D eigenvalue weighted by molar-refractivity contribution is -0.915. The third-order valence-corrected chi connectivity index (χ3v) is 20.5. The topological polar surface area (TPSA) is 14.2 Å². The SMILES string of the molecule is C.C.C=C.CC.CC.CCc1ccc(S[C@H]2CN3CCC2CC3)cc1.CCc1ccc(S[C@H]2CN3CCC2CC3)cc1.ClC1C[NH+]2CCC1CC2.Sc1ccccc1.[Cl-].c1ccc(S[C@H]2CN3CCC2CC3)cc1. The maximum Gasteiger partial charge on any atom is 0.0940 e. The number of alkyl halides is 1. The van der Waals surface area contributed by atoms with Crippen LogP contribution in [0.15, 0.2) is 142 Å². The van der Waals surface area contributed by atoms with E-state index in [0.29, 0.717) is 5.38 Å². The zero-order valence-corrected chi connectivity index (χ0v) is 50.1. The van der Waals surface area contributed by atoms with E-state index in [1.807, 2.05) is 58.0 Å². The first-order valence-corrected chi connectivity index (χ1v) is 31.5. The molecule has 4 atom stereocenters. The summed E-state index contributed by atoms with van der Waals surface area (Å²) in [7, 11) is 0. The maximum absolute atomic E-state index is 6.09. The Balaban J connectivity index is 0.000000314. The Morgan fingerprint density at radius 3 is 1.01 bits per heavy atom. The number of thioether (sulfide) groups is 3. The minimum atomic E-state index is 0. The van der Waals surface area contributed by atoms with Crippen molar-refractivity contribution in [3.05, 3.63) is 133 Å². The molecule has 0 aliphatic carbocycles. The van der Waals surface area contributed by atoms with Crippen molar-refractivity contribution in [3.63, 3.8) is 0 Å². The molecular formula is C64H102Cl2N4S4. The van der Waals surface area contributed by atoms with Crippen molar-refractivity contribution < 1.29 is 17.3 Å². The number of benzene rings is 4. The Morgan fingerprint density at radius 2 is 0.797 bits per heavy atom. The average molecular weight is 1130 g/mol. The summed E-state index contributed by atoms with van der Waals surface area (Å²) in [4.78, 5) is 15.0. The molecule has 0 saturated carbocycles. The molecule has 74 heavy (non-hydrogen) atoms. The van der Waals surface area contributed by atoms with Gasteiger partial charge in [-0.25, -0.2) is 0 Å². The lowest BCUT2D eigenvalue weighted by Gasteiger charge is -2.44. The van der Waals surface area contributed by atoms with E-state index in [-0.39, 0.29) is 27.3 Å². The number of fused-ring (bicyclic) bond motifs is 12. The molecule has 12 aliphatic rings. The second-order valence-electron chi connectivity index (χ2n) is 19.8. The van der Waals surface area contributed by atoms with Gasteiger partial charge in [0.2, 0.25) is 0 Å². The number of nitrogens with one attached hydrogen (secondary N) is 1. The van der Waals surface area contributed by atoms with Crippen molar-refractivity contribution in [3.8, 4) is 0 Å². The molecule has 8 bridgehead atoms. The Kier molecular flexibility index (Phi) is 36.0. The fourth-order valence-electron chi connectivity index (χ4n) is 11.2. The number of halogens is 2. The smallest absolute Gasteiger partial charge is 0.0940 e. The van der Waals surface area contributed by atoms with Crippen molar-refractivity contribution in [2.45, 2.75) is 161 Å². The highest BCUT2D eigenvalue weighted by atomic mass is 35.5. The summed E-state index contributed by atoms with van der Waals surface area (Å²) in [6, 6.07) is 39.0. The quantitative estimate of drug-likeness (QED) is 0.103. The number of hydrogen-bond acceptors (Lipinski definition) is 7. The van der Waals surface area contributed by atoms with Crippen LogP contribution in [-0.2, 0) is 12.8 Å². The highest BCUT2D eigenvalue weighted by molar-refractivity contribution is 8.00. The van der Waals surface area contributed by atoms with Crippen LogP contribution in [0.5, 0.6) is 0 Å². The molecule has 12 fully saturated rings. The molecule has 1 unspecified atom stereocenters. The van der Waals surface area contributed by atoms with E-state index in [0.717, 1.165) is 57.2 Å². The van der Waals surface area contributed by atoms with Crippen molar-refractivity contribution in [1.82, 2.24) is 14.7 Å². The molecule has 12 heterocycles. The molecule has 0 amide bonds. The lowest BCUT2D eigenvalue weighted by atomic mass is 9.88. The third kappa shape index (κ3) is 22.7. The summed E-state index contributed by atoms with van der Waals surface area (Å²) in [5, 5.41) is 3.02. The van der Waals surface area contributed by atoms with Crippen LogP contribution in [-0.4, -0.2) is 114 Å². The van der Waals surface area contributed by atoms with E-state index >= 15 is 0 Å². The molecule has 4 aromatic rings. The number of piperidine rings is 12. The molecule has 12 aliphatic heterocycles. The Bertz CT molecular complexity index is 1870. The number of nitrogens with zero attached hydrogens (tertiary/aromatic N) is 3. The van der Waals surface area contributed by atoms with Gasteiger partial charge in [-0.15, -0.1) is 72.7 Å². The fraction of sp³-hybridized carbons (Fsp3) is 0.594. The van der Waals surface area contributed by atoms with Crippen LogP contribution in [0.2, 0.25) is 0 Å². The first-order chi connectivity index (χ1) is 34.9. The molecule has 0 aromatic heterocycles. The second kappa shape index (κ2) is 38.9. The number of hydrogen-bond donors (Lipinski definition) is 2. The molecule has 1 N–H and O–H groups in total. The number of aryl methyl sites for hydroxylation is 2. The summed E-state index contributed by atoms with van der Waals surface area (Å²) in [6.07, 6.45) is 13.6. The minimum absolute atomic E-state index is 0. The molecule has 0 spiro atoms. The van der Waals surface area contributed by atoms with Crippen molar-refractivity contribution in [1.29, 1.82) is 0 Å². The van der Waals surface area contributed by atoms with Gasteiger partial charge < -0.3 is 32.0 Å². The largest absolute Gasteiger partial charge is 1.00 e. The van der Waals surface area contributed by atoms with E-state index in [9.17, 15) is 0 Å². The number of quaternary nitrogens is 1. The maximum atomic E-state index is 6.09. The van der Waals surface area contributed by atoms with Crippen LogP contribution < -0.4 is 17.3 Å². The van der Waals surface area contributed by atoms with Gasteiger partial charge in [-0.2, -0.15) is 0 Å². The monoisotopic (exact) mass is 1120 g/mol. The Hall–Kier alpha value is -1.56. The Morgan fingerprint density at radius 1 is 0.486 bits per heavy atom. The van der Waals surface area contributed by atoms with E-state index in [1.165, 1.54) is 156 Å². The molecule has 10 heteroatoms. The zero-order chi connectivity index (χ0) is 50.8. The Labute approximate surface area is 485 Å². The van der Waals surface area contributed by atoms with E-state index in [1.54, 1.807) is 4.90 Å². The van der Waals surface area contributed by atoms with Gasteiger partial charge in [-0.3, -0.25) is 0 Å². The van der Waals surface area contributed by atoms with Crippen LogP contribution >= 0.6 is 59.5 Å². The van der Waals surface area contributed by atoms with Crippen molar-refractivity contribution >= 4 is 59.5 Å². The first kappa shape index (κ1) is 68.5. The van der Waals surface area contributed by atoms with Gasteiger partial charge in [-0.1, -0.05) is 117 Å². The van der Waals surface area contributed by atoms with Crippen LogP contribution in [0.4, 0.5) is 0 Å². The predicted molar refractivity (Wildman–Crippen MR) is 334 cm³/mol. The van der Waals surface area contributed by atoms with Gasteiger partial charge in [0, 0.05) is 67.8 Å². The molecule has 4 aromatic carbocycles. The molecule has 12 saturated heterocycles. The fourth-order valence-corrected chi connectivity index (χ4v) is 16.1. The molecule has 0 radical (unpaired) electrons. The minimum Gasteiger partial charge on any atom is -1.00 e. The normalized spacial score (nSPS) is 28.6. The van der Waals surface area contributed by atoms with Gasteiger partial charge in [0.1, 0.15) is 0 Å². The van der Waals surface area contributed by atoms with Gasteiger partial charge in [0.15, 0.2) is 0 Å². The summed E-state index contributed by atoms with van der Waals surface area (Å²) in [5.74, 6) is 3.77. The standard InChI is InChI=1S/2C15H21NS.C13H17NS.C7H12ClN.C6H6S.2C2H6.C2H4.2CH4.ClH/c2*1-2-12-3-5-14(6-4-12)17-15-11-16-9-7-13(15)8-10-16;1-2-4-12(5-3-1)15-13-10-14-8-6-11(13)7-9-14;8-7-5-9-3-1-6(7)2-4-9;7-6-4-2-1-3-5-6;3*1-2;;;/h2*3-6,13,15H,2,7-11H2,1H3;1-5,11,13H,6-10H2;6-7H,1-5H2;1-5,7H;2*1-2H3;1-2H2;2*1H4;1H/t2*15-;13-;;;;;;;;/m000......../s1. The van der Waals surface area contributed by atoms with Crippen molar-refractivity contribution in [2.75, 3.05) is 78.5 Å². The van der Waals surface area contributed by atoms with E-state index in [2.05, 4.69) is 168 Å². The molecule has 4 nitrogen and oxygen atoms in total. The second-order valence-corrected chi connectivity index (χ2v) is 24.8. The highest BCUT2D eigenvalue weighted by Crippen LogP contribution is 2.41. The van der Waals surface area contributed by atoms with Crippen LogP contribution in [0.25, 0.3) is 0 Å². The average Bonchev–Trinajstić information content (AvgIpc) is 3.45. The number of thiol groups is 1. The molecule has 16 rings (SSSR count). The summed E-state index contributed by atoms with van der Waals surface area (Å²) in [6.45, 7) is 34.4. The summed E-state index contributed by atoms with van der Waals surface area (Å²) >= 11 is 16.5. The summed E-state index contributed by atoms with van der Waals surface area (Å²) in [5.41, 5.74) is 2.89. The van der Waals surface area contributed by atoms with Crippen LogP contribution in [0.1, 0.15) is 119 Å². The summed E-state index contributed by atoms with van der Waals surface area (Å²) < 4.78 is 0. The van der Waals surface area contributed by atoms with Gasteiger partial charge in [0.05, 0.1) is 25.0 Å². The number of rotatable bonds is 8. The highest BCUT2D eigenvalue weighted by Gasteiger charge is 2.37. The van der Waals surface area contributed by atoms with E-state index < -0.39 is 0 Å². The molecule has 416 valence electrons. The van der Waals surface area contributed by atoms with Gasteiger partial charge in [-0.05, 0) is 174 Å². The van der Waals surface area contributed by atoms with Crippen molar-refractivity contribution in [2.24, 2.45) is 23.7 Å². The first-order valence-electron chi connectivity index (χ1n) is 28.0. The van der Waals surface area contributed by atoms with E-state index in [4.69, 9.17) is 11.6 Å². The molecular weight excluding hydrogens is 1020 g/mol. The van der Waals surface area contributed by atoms with Gasteiger partial charge in [0.25, 0.3) is 0 Å². The third-order valence-electron chi connectivity index (χ3n) is 15.5. The van der Waals surface area contributed by atoms with Crippen LogP contribution in [0.3, 0.4) is 0 Å². The van der Waals surface area contributed by atoms with Crippen LogP contribution in [0, 0.1) is 23.7 Å².